The minimum absolute atomic E-state index is 0.0560. The van der Waals surface area contributed by atoms with Crippen LogP contribution in [0.5, 0.6) is 11.5 Å². The van der Waals surface area contributed by atoms with Crippen molar-refractivity contribution in [2.24, 2.45) is 0 Å². The number of carbonyl (C=O) groups excluding carboxylic acids is 1. The molecule has 2 aromatic carbocycles. The van der Waals surface area contributed by atoms with Crippen molar-refractivity contribution in [3.8, 4) is 11.5 Å². The van der Waals surface area contributed by atoms with Crippen LogP contribution in [-0.2, 0) is 13.0 Å². The first-order valence-corrected chi connectivity index (χ1v) is 9.18. The van der Waals surface area contributed by atoms with Gasteiger partial charge in [0.1, 0.15) is 5.82 Å². The average molecular weight is 378 g/mol. The van der Waals surface area contributed by atoms with Crippen LogP contribution in [0.15, 0.2) is 41.2 Å². The number of rotatable bonds is 2. The Morgan fingerprint density at radius 2 is 1.79 bits per heavy atom. The Bertz CT molecular complexity index is 1150. The maximum atomic E-state index is 12.8. The summed E-state index contributed by atoms with van der Waals surface area (Å²) in [5.41, 5.74) is 1.71. The molecule has 0 bridgehead atoms. The summed E-state index contributed by atoms with van der Waals surface area (Å²) < 4.78 is 12.3. The van der Waals surface area contributed by atoms with Gasteiger partial charge in [-0.3, -0.25) is 9.36 Å². The Kier molecular flexibility index (Phi) is 3.89. The number of aryl methyl sites for hydroxylation is 1. The molecule has 0 aliphatic carbocycles. The van der Waals surface area contributed by atoms with E-state index >= 15 is 0 Å². The summed E-state index contributed by atoms with van der Waals surface area (Å²) in [5.74, 6) is 2.08. The zero-order valence-corrected chi connectivity index (χ0v) is 15.0. The molecule has 0 radical (unpaired) electrons. The molecule has 0 saturated heterocycles. The van der Waals surface area contributed by atoms with Crippen molar-refractivity contribution in [2.75, 3.05) is 17.4 Å². The van der Waals surface area contributed by atoms with E-state index in [2.05, 4.69) is 15.6 Å². The normalized spacial score (nSPS) is 14.6. The summed E-state index contributed by atoms with van der Waals surface area (Å²) >= 11 is 0. The third-order valence-corrected chi connectivity index (χ3v) is 4.95. The van der Waals surface area contributed by atoms with Crippen molar-refractivity contribution in [1.29, 1.82) is 0 Å². The van der Waals surface area contributed by atoms with Gasteiger partial charge in [-0.05, 0) is 43.2 Å². The molecule has 3 aromatic rings. The molecule has 142 valence electrons. The fourth-order valence-corrected chi connectivity index (χ4v) is 3.59. The fourth-order valence-electron chi connectivity index (χ4n) is 3.59. The predicted octanol–water partition coefficient (Wildman–Crippen LogP) is 3.11. The number of urea groups is 1. The highest BCUT2D eigenvalue weighted by atomic mass is 16.7. The van der Waals surface area contributed by atoms with E-state index in [-0.39, 0.29) is 12.4 Å². The molecule has 3 heterocycles. The topological polar surface area (TPSA) is 94.5 Å². The van der Waals surface area contributed by atoms with Crippen LogP contribution in [0.1, 0.15) is 18.7 Å². The van der Waals surface area contributed by atoms with Crippen LogP contribution in [0.4, 0.5) is 16.2 Å². The standard InChI is InChI=1S/C20H18N4O4/c25-19-14-9-12(4-6-15(14)23-18-3-1-2-8-24(18)19)21-20(26)22-13-5-7-16-17(10-13)28-11-27-16/h4-7,9-10H,1-3,8,11H2,(H2,21,22,26). The van der Waals surface area contributed by atoms with Crippen LogP contribution in [0.25, 0.3) is 10.9 Å². The Morgan fingerprint density at radius 1 is 1.00 bits per heavy atom. The van der Waals surface area contributed by atoms with Gasteiger partial charge < -0.3 is 20.1 Å². The number of hydrogen-bond donors (Lipinski definition) is 2. The molecule has 0 atom stereocenters. The molecule has 2 aliphatic heterocycles. The zero-order chi connectivity index (χ0) is 19.1. The molecule has 0 spiro atoms. The van der Waals surface area contributed by atoms with E-state index in [4.69, 9.17) is 9.47 Å². The summed E-state index contributed by atoms with van der Waals surface area (Å²) in [6.45, 7) is 0.870. The zero-order valence-electron chi connectivity index (χ0n) is 15.0. The smallest absolute Gasteiger partial charge is 0.323 e. The van der Waals surface area contributed by atoms with Crippen LogP contribution in [0, 0.1) is 0 Å². The maximum Gasteiger partial charge on any atom is 0.323 e. The lowest BCUT2D eigenvalue weighted by Gasteiger charge is -2.18. The van der Waals surface area contributed by atoms with E-state index in [1.165, 1.54) is 0 Å². The lowest BCUT2D eigenvalue weighted by Crippen LogP contribution is -2.28. The van der Waals surface area contributed by atoms with Crippen molar-refractivity contribution in [1.82, 2.24) is 9.55 Å². The minimum Gasteiger partial charge on any atom is -0.454 e. The molecule has 8 heteroatoms. The predicted molar refractivity (Wildman–Crippen MR) is 104 cm³/mol. The van der Waals surface area contributed by atoms with Gasteiger partial charge in [-0.25, -0.2) is 9.78 Å². The first-order chi connectivity index (χ1) is 13.7. The van der Waals surface area contributed by atoms with Gasteiger partial charge in [-0.1, -0.05) is 0 Å². The van der Waals surface area contributed by atoms with Crippen LogP contribution in [0.3, 0.4) is 0 Å². The van der Waals surface area contributed by atoms with E-state index < -0.39 is 6.03 Å². The molecule has 28 heavy (non-hydrogen) atoms. The second kappa shape index (κ2) is 6.56. The molecule has 0 unspecified atom stereocenters. The second-order valence-corrected chi connectivity index (χ2v) is 6.82. The largest absolute Gasteiger partial charge is 0.454 e. The molecule has 2 aliphatic rings. The summed E-state index contributed by atoms with van der Waals surface area (Å²) in [4.78, 5) is 29.7. The lowest BCUT2D eigenvalue weighted by atomic mass is 10.1. The summed E-state index contributed by atoms with van der Waals surface area (Å²) in [7, 11) is 0. The highest BCUT2D eigenvalue weighted by molar-refractivity contribution is 6.01. The van der Waals surface area contributed by atoms with E-state index in [9.17, 15) is 9.59 Å². The SMILES string of the molecule is O=C(Nc1ccc2c(c1)OCO2)Nc1ccc2nc3n(c(=O)c2c1)CCCC3. The summed E-state index contributed by atoms with van der Waals surface area (Å²) in [6.07, 6.45) is 2.86. The van der Waals surface area contributed by atoms with Gasteiger partial charge in [0.15, 0.2) is 11.5 Å². The molecule has 1 aromatic heterocycles. The highest BCUT2D eigenvalue weighted by Crippen LogP contribution is 2.34. The van der Waals surface area contributed by atoms with Crippen molar-refractivity contribution >= 4 is 28.3 Å². The van der Waals surface area contributed by atoms with Crippen LogP contribution < -0.4 is 25.7 Å². The number of anilines is 2. The van der Waals surface area contributed by atoms with Crippen LogP contribution in [0.2, 0.25) is 0 Å². The lowest BCUT2D eigenvalue weighted by molar-refractivity contribution is 0.174. The van der Waals surface area contributed by atoms with Gasteiger partial charge in [0.05, 0.1) is 10.9 Å². The number of nitrogens with one attached hydrogen (secondary N) is 2. The maximum absolute atomic E-state index is 12.8. The van der Waals surface area contributed by atoms with Crippen molar-refractivity contribution in [3.63, 3.8) is 0 Å². The Balaban J connectivity index is 1.38. The Labute approximate surface area is 160 Å². The van der Waals surface area contributed by atoms with Crippen molar-refractivity contribution < 1.29 is 14.3 Å². The average Bonchev–Trinajstić information content (AvgIpc) is 3.16. The highest BCUT2D eigenvalue weighted by Gasteiger charge is 2.16. The molecule has 2 N–H and O–H groups in total. The summed E-state index contributed by atoms with van der Waals surface area (Å²) in [6, 6.07) is 9.94. The Hall–Kier alpha value is -3.55. The monoisotopic (exact) mass is 378 g/mol. The third-order valence-electron chi connectivity index (χ3n) is 4.95. The number of amides is 2. The number of carbonyl (C=O) groups is 1. The van der Waals surface area contributed by atoms with Gasteiger partial charge in [-0.15, -0.1) is 0 Å². The number of aromatic nitrogens is 2. The second-order valence-electron chi connectivity index (χ2n) is 6.82. The number of hydrogen-bond acceptors (Lipinski definition) is 5. The first-order valence-electron chi connectivity index (χ1n) is 9.18. The third kappa shape index (κ3) is 2.92. The molecule has 8 nitrogen and oxygen atoms in total. The number of benzene rings is 2. The molecule has 0 fully saturated rings. The van der Waals surface area contributed by atoms with Gasteiger partial charge >= 0.3 is 6.03 Å². The molecule has 2 amide bonds. The molecule has 5 rings (SSSR count). The van der Waals surface area contributed by atoms with Gasteiger partial charge in [0, 0.05) is 30.4 Å². The number of fused-ring (bicyclic) bond motifs is 3. The van der Waals surface area contributed by atoms with Gasteiger partial charge in [0.25, 0.3) is 5.56 Å². The van der Waals surface area contributed by atoms with Crippen LogP contribution in [-0.4, -0.2) is 22.4 Å². The quantitative estimate of drug-likeness (QED) is 0.715. The van der Waals surface area contributed by atoms with Crippen molar-refractivity contribution in [2.45, 2.75) is 25.8 Å². The van der Waals surface area contributed by atoms with Crippen molar-refractivity contribution in [3.05, 3.63) is 52.6 Å². The number of nitrogens with zero attached hydrogens (tertiary/aromatic N) is 2. The fraction of sp³-hybridized carbons (Fsp3) is 0.250. The van der Waals surface area contributed by atoms with E-state index in [1.807, 2.05) is 0 Å². The molecular weight excluding hydrogens is 360 g/mol. The van der Waals surface area contributed by atoms with Gasteiger partial charge in [-0.2, -0.15) is 0 Å². The van der Waals surface area contributed by atoms with E-state index in [0.717, 1.165) is 25.1 Å². The van der Waals surface area contributed by atoms with Crippen LogP contribution >= 0.6 is 0 Å². The Morgan fingerprint density at radius 3 is 2.68 bits per heavy atom. The number of ether oxygens (including phenoxy) is 2. The van der Waals surface area contributed by atoms with Gasteiger partial charge in [0.2, 0.25) is 6.79 Å². The summed E-state index contributed by atoms with van der Waals surface area (Å²) in [5, 5.41) is 6.01. The molecular formula is C20H18N4O4. The molecule has 0 saturated carbocycles. The minimum atomic E-state index is -0.413. The van der Waals surface area contributed by atoms with E-state index in [0.29, 0.717) is 40.3 Å². The first kappa shape index (κ1) is 16.6. The van der Waals surface area contributed by atoms with E-state index in [1.54, 1.807) is 41.0 Å².